The molecule has 1 aromatic carbocycles. The van der Waals surface area contributed by atoms with Crippen LogP contribution in [0.3, 0.4) is 0 Å². The van der Waals surface area contributed by atoms with E-state index in [1.807, 2.05) is 18.2 Å². The first-order chi connectivity index (χ1) is 10.7. The molecule has 112 valence electrons. The fourth-order valence-electron chi connectivity index (χ4n) is 2.43. The monoisotopic (exact) mass is 314 g/mol. The van der Waals surface area contributed by atoms with Gasteiger partial charge >= 0.3 is 5.69 Å². The van der Waals surface area contributed by atoms with Crippen LogP contribution >= 0.6 is 11.6 Å². The maximum atomic E-state index is 12.5. The van der Waals surface area contributed by atoms with Crippen LogP contribution in [0.25, 0.3) is 16.7 Å². The summed E-state index contributed by atoms with van der Waals surface area (Å²) >= 11 is 6.21. The van der Waals surface area contributed by atoms with Gasteiger partial charge in [0.25, 0.3) is 0 Å². The van der Waals surface area contributed by atoms with Gasteiger partial charge in [0, 0.05) is 18.6 Å². The van der Waals surface area contributed by atoms with Gasteiger partial charge in [0.05, 0.1) is 10.5 Å². The van der Waals surface area contributed by atoms with Gasteiger partial charge in [-0.3, -0.25) is 0 Å². The lowest BCUT2D eigenvalue weighted by molar-refractivity contribution is 0.922. The maximum absolute atomic E-state index is 12.5. The molecular weight excluding hydrogens is 300 g/mol. The molecule has 0 saturated heterocycles. The Morgan fingerprint density at radius 2 is 2.14 bits per heavy atom. The lowest BCUT2D eigenvalue weighted by Crippen LogP contribution is -2.24. The summed E-state index contributed by atoms with van der Waals surface area (Å²) in [5.74, 6) is 0.938. The SMILES string of the molecule is CCc1ccc2c(NC)nc(=O)n(-c3ncccc3Cl)c2c1. The van der Waals surface area contributed by atoms with E-state index in [9.17, 15) is 4.79 Å². The number of nitrogens with zero attached hydrogens (tertiary/aromatic N) is 3. The van der Waals surface area contributed by atoms with E-state index in [0.29, 0.717) is 16.7 Å². The highest BCUT2D eigenvalue weighted by atomic mass is 35.5. The molecule has 2 aromatic heterocycles. The second-order valence-corrected chi connectivity index (χ2v) is 5.25. The molecule has 6 heteroatoms. The number of fused-ring (bicyclic) bond motifs is 1. The molecule has 0 aliphatic rings. The average Bonchev–Trinajstić information content (AvgIpc) is 2.54. The van der Waals surface area contributed by atoms with Crippen LogP contribution in [0.5, 0.6) is 0 Å². The van der Waals surface area contributed by atoms with E-state index in [1.165, 1.54) is 4.57 Å². The molecule has 2 heterocycles. The topological polar surface area (TPSA) is 59.8 Å². The largest absolute Gasteiger partial charge is 0.372 e. The summed E-state index contributed by atoms with van der Waals surface area (Å²) in [7, 11) is 1.74. The molecular formula is C16H15ClN4O. The van der Waals surface area contributed by atoms with Crippen molar-refractivity contribution in [1.29, 1.82) is 0 Å². The Morgan fingerprint density at radius 1 is 1.32 bits per heavy atom. The molecule has 0 fully saturated rings. The second kappa shape index (κ2) is 5.77. The molecule has 0 bridgehead atoms. The predicted molar refractivity (Wildman–Crippen MR) is 89.1 cm³/mol. The summed E-state index contributed by atoms with van der Waals surface area (Å²) in [6, 6.07) is 9.40. The molecule has 0 unspecified atom stereocenters. The second-order valence-electron chi connectivity index (χ2n) is 4.84. The first-order valence-electron chi connectivity index (χ1n) is 7.00. The lowest BCUT2D eigenvalue weighted by Gasteiger charge is -2.13. The number of pyridine rings is 1. The molecule has 3 rings (SSSR count). The van der Waals surface area contributed by atoms with E-state index in [2.05, 4.69) is 22.2 Å². The average molecular weight is 315 g/mol. The number of anilines is 1. The fourth-order valence-corrected chi connectivity index (χ4v) is 2.63. The van der Waals surface area contributed by atoms with E-state index in [-0.39, 0.29) is 0 Å². The van der Waals surface area contributed by atoms with Crippen molar-refractivity contribution in [3.8, 4) is 5.82 Å². The maximum Gasteiger partial charge on any atom is 0.355 e. The minimum absolute atomic E-state index is 0.391. The number of nitrogens with one attached hydrogen (secondary N) is 1. The van der Waals surface area contributed by atoms with Gasteiger partial charge in [-0.25, -0.2) is 14.3 Å². The van der Waals surface area contributed by atoms with Gasteiger partial charge in [-0.1, -0.05) is 24.6 Å². The van der Waals surface area contributed by atoms with E-state index >= 15 is 0 Å². The zero-order chi connectivity index (χ0) is 15.7. The highest BCUT2D eigenvalue weighted by Crippen LogP contribution is 2.25. The minimum Gasteiger partial charge on any atom is -0.372 e. The molecule has 3 aromatic rings. The van der Waals surface area contributed by atoms with Gasteiger partial charge in [-0.2, -0.15) is 4.98 Å². The van der Waals surface area contributed by atoms with E-state index in [4.69, 9.17) is 11.6 Å². The van der Waals surface area contributed by atoms with Gasteiger partial charge in [-0.05, 0) is 36.2 Å². The zero-order valence-corrected chi connectivity index (χ0v) is 13.1. The number of halogens is 1. The van der Waals surface area contributed by atoms with Gasteiger partial charge in [0.2, 0.25) is 0 Å². The number of hydrogen-bond acceptors (Lipinski definition) is 4. The molecule has 22 heavy (non-hydrogen) atoms. The molecule has 0 amide bonds. The van der Waals surface area contributed by atoms with Crippen LogP contribution in [0, 0.1) is 0 Å². The van der Waals surface area contributed by atoms with Crippen molar-refractivity contribution < 1.29 is 0 Å². The molecule has 0 aliphatic carbocycles. The van der Waals surface area contributed by atoms with Crippen LogP contribution in [-0.2, 0) is 6.42 Å². The minimum atomic E-state index is -0.411. The van der Waals surface area contributed by atoms with Crippen LogP contribution in [0.1, 0.15) is 12.5 Å². The Bertz CT molecular complexity index is 904. The summed E-state index contributed by atoms with van der Waals surface area (Å²) in [5, 5.41) is 4.22. The van der Waals surface area contributed by atoms with Gasteiger partial charge < -0.3 is 5.32 Å². The Balaban J connectivity index is 2.46. The van der Waals surface area contributed by atoms with Crippen molar-refractivity contribution in [2.45, 2.75) is 13.3 Å². The number of benzene rings is 1. The molecule has 0 atom stereocenters. The molecule has 1 N–H and O–H groups in total. The number of hydrogen-bond donors (Lipinski definition) is 1. The zero-order valence-electron chi connectivity index (χ0n) is 12.3. The van der Waals surface area contributed by atoms with Crippen molar-refractivity contribution in [1.82, 2.24) is 14.5 Å². The summed E-state index contributed by atoms with van der Waals surface area (Å²) < 4.78 is 1.46. The Labute approximate surface area is 132 Å². The van der Waals surface area contributed by atoms with Gasteiger partial charge in [0.1, 0.15) is 5.82 Å². The summed E-state index contributed by atoms with van der Waals surface area (Å²) in [6.07, 6.45) is 2.48. The van der Waals surface area contributed by atoms with Crippen molar-refractivity contribution in [3.05, 3.63) is 57.6 Å². The number of aryl methyl sites for hydroxylation is 1. The number of rotatable bonds is 3. The van der Waals surface area contributed by atoms with Crippen LogP contribution in [0.15, 0.2) is 41.3 Å². The Hall–Kier alpha value is -2.40. The third-order valence-electron chi connectivity index (χ3n) is 3.55. The molecule has 0 aliphatic heterocycles. The van der Waals surface area contributed by atoms with Crippen molar-refractivity contribution in [3.63, 3.8) is 0 Å². The summed E-state index contributed by atoms with van der Waals surface area (Å²) in [4.78, 5) is 20.8. The van der Waals surface area contributed by atoms with Crippen LogP contribution in [0.2, 0.25) is 5.02 Å². The summed E-state index contributed by atoms with van der Waals surface area (Å²) in [5.41, 5.74) is 1.45. The van der Waals surface area contributed by atoms with E-state index < -0.39 is 5.69 Å². The third kappa shape index (κ3) is 2.33. The normalized spacial score (nSPS) is 10.9. The third-order valence-corrected chi connectivity index (χ3v) is 3.85. The van der Waals surface area contributed by atoms with Crippen LogP contribution in [0.4, 0.5) is 5.82 Å². The highest BCUT2D eigenvalue weighted by molar-refractivity contribution is 6.32. The molecule has 0 spiro atoms. The quantitative estimate of drug-likeness (QED) is 0.807. The predicted octanol–water partition coefficient (Wildman–Crippen LogP) is 3.04. The van der Waals surface area contributed by atoms with Crippen LogP contribution in [-0.4, -0.2) is 21.6 Å². The first-order valence-corrected chi connectivity index (χ1v) is 7.37. The molecule has 5 nitrogen and oxygen atoms in total. The highest BCUT2D eigenvalue weighted by Gasteiger charge is 2.14. The smallest absolute Gasteiger partial charge is 0.355 e. The molecule has 0 saturated carbocycles. The Morgan fingerprint density at radius 3 is 2.82 bits per heavy atom. The Kier molecular flexibility index (Phi) is 3.81. The van der Waals surface area contributed by atoms with E-state index in [0.717, 1.165) is 22.9 Å². The molecule has 0 radical (unpaired) electrons. The van der Waals surface area contributed by atoms with Crippen molar-refractivity contribution >= 4 is 28.3 Å². The van der Waals surface area contributed by atoms with Gasteiger partial charge in [0.15, 0.2) is 5.82 Å². The van der Waals surface area contributed by atoms with Gasteiger partial charge in [-0.15, -0.1) is 0 Å². The summed E-state index contributed by atoms with van der Waals surface area (Å²) in [6.45, 7) is 2.07. The first kappa shape index (κ1) is 14.5. The van der Waals surface area contributed by atoms with Crippen LogP contribution < -0.4 is 11.0 Å². The fraction of sp³-hybridized carbons (Fsp3) is 0.188. The van der Waals surface area contributed by atoms with Crippen molar-refractivity contribution in [2.75, 3.05) is 12.4 Å². The standard InChI is InChI=1S/C16H15ClN4O/c1-3-10-6-7-11-13(9-10)21(16(22)20-14(11)18-2)15-12(17)5-4-8-19-15/h4-9H,3H2,1-2H3,(H,18,20,22). The lowest BCUT2D eigenvalue weighted by atomic mass is 10.1. The number of aromatic nitrogens is 3. The van der Waals surface area contributed by atoms with Crippen molar-refractivity contribution in [2.24, 2.45) is 0 Å². The van der Waals surface area contributed by atoms with E-state index in [1.54, 1.807) is 25.4 Å².